The summed E-state index contributed by atoms with van der Waals surface area (Å²) in [5, 5.41) is 16.2. The van der Waals surface area contributed by atoms with Gasteiger partial charge in [-0.15, -0.1) is 5.10 Å². The van der Waals surface area contributed by atoms with Crippen LogP contribution < -0.4 is 15.7 Å². The molecule has 8 nitrogen and oxygen atoms in total. The predicted molar refractivity (Wildman–Crippen MR) is 115 cm³/mol. The molecule has 3 aromatic rings. The number of ether oxygens (including phenoxy) is 1. The van der Waals surface area contributed by atoms with Gasteiger partial charge in [0.1, 0.15) is 30.0 Å². The van der Waals surface area contributed by atoms with Gasteiger partial charge in [-0.3, -0.25) is 9.36 Å². The zero-order valence-electron chi connectivity index (χ0n) is 18.4. The number of carbonyl (C=O) groups is 1. The third kappa shape index (κ3) is 4.96. The Hall–Kier alpha value is -3.67. The van der Waals surface area contributed by atoms with E-state index in [2.05, 4.69) is 10.4 Å². The molecule has 1 aromatic heterocycles. The zero-order valence-corrected chi connectivity index (χ0v) is 18.4. The van der Waals surface area contributed by atoms with E-state index in [0.717, 1.165) is 10.6 Å². The number of anilines is 1. The molecule has 3 rings (SSSR count). The van der Waals surface area contributed by atoms with Gasteiger partial charge in [-0.25, -0.2) is 22.4 Å². The number of nitrogens with zero attached hydrogens (tertiary/aromatic N) is 3. The van der Waals surface area contributed by atoms with Gasteiger partial charge in [0.15, 0.2) is 11.9 Å². The highest BCUT2D eigenvalue weighted by Gasteiger charge is 2.28. The van der Waals surface area contributed by atoms with Gasteiger partial charge in [0, 0.05) is 18.8 Å². The number of halogens is 4. The normalized spacial score (nSPS) is 13.1. The average Bonchev–Trinajstić information content (AvgIpc) is 3.08. The van der Waals surface area contributed by atoms with Gasteiger partial charge in [-0.2, -0.15) is 4.68 Å². The molecule has 0 aliphatic rings. The van der Waals surface area contributed by atoms with Crippen LogP contribution in [-0.4, -0.2) is 44.6 Å². The third-order valence-corrected chi connectivity index (χ3v) is 5.01. The number of rotatable bonds is 8. The minimum Gasteiger partial charge on any atom is -0.481 e. The number of aliphatic hydroxyl groups is 1. The van der Waals surface area contributed by atoms with E-state index in [1.165, 1.54) is 14.0 Å². The Morgan fingerprint density at radius 3 is 2.50 bits per heavy atom. The van der Waals surface area contributed by atoms with E-state index in [9.17, 15) is 27.9 Å². The Labute approximate surface area is 191 Å². The van der Waals surface area contributed by atoms with Crippen molar-refractivity contribution in [1.29, 1.82) is 0 Å². The van der Waals surface area contributed by atoms with Crippen LogP contribution in [0.15, 0.2) is 41.2 Å². The number of amides is 1. The van der Waals surface area contributed by atoms with Crippen molar-refractivity contribution >= 4 is 11.6 Å². The molecule has 2 N–H and O–H groups in total. The van der Waals surface area contributed by atoms with Crippen LogP contribution in [0.2, 0.25) is 0 Å². The van der Waals surface area contributed by atoms with Gasteiger partial charge in [-0.1, -0.05) is 18.2 Å². The minimum atomic E-state index is -3.25. The van der Waals surface area contributed by atoms with Crippen LogP contribution >= 0.6 is 0 Å². The highest BCUT2D eigenvalue weighted by Crippen LogP contribution is 2.29. The first-order valence-corrected chi connectivity index (χ1v) is 10.1. The van der Waals surface area contributed by atoms with Crippen molar-refractivity contribution in [2.24, 2.45) is 7.05 Å². The molecule has 12 heteroatoms. The number of hydrogen-bond donors (Lipinski definition) is 2. The lowest BCUT2D eigenvalue weighted by molar-refractivity contribution is -0.00159. The van der Waals surface area contributed by atoms with Gasteiger partial charge >= 0.3 is 5.69 Å². The number of benzene rings is 2. The minimum absolute atomic E-state index is 0.0949. The van der Waals surface area contributed by atoms with Crippen molar-refractivity contribution in [3.05, 3.63) is 69.7 Å². The maximum absolute atomic E-state index is 15.1. The van der Waals surface area contributed by atoms with E-state index in [1.807, 2.05) is 0 Å². The smallest absolute Gasteiger partial charge is 0.350 e. The van der Waals surface area contributed by atoms with E-state index >= 15 is 4.39 Å². The van der Waals surface area contributed by atoms with E-state index in [1.54, 1.807) is 31.2 Å². The molecule has 0 fully saturated rings. The van der Waals surface area contributed by atoms with Crippen molar-refractivity contribution in [2.45, 2.75) is 32.5 Å². The summed E-state index contributed by atoms with van der Waals surface area (Å²) < 4.78 is 61.2. The van der Waals surface area contributed by atoms with Gasteiger partial charge in [0.2, 0.25) is 0 Å². The van der Waals surface area contributed by atoms with Gasteiger partial charge in [0.05, 0.1) is 5.56 Å². The van der Waals surface area contributed by atoms with E-state index in [4.69, 9.17) is 4.74 Å². The number of aromatic nitrogens is 3. The van der Waals surface area contributed by atoms with Gasteiger partial charge in [-0.05, 0) is 31.5 Å². The lowest BCUT2D eigenvalue weighted by atomic mass is 10.1. The van der Waals surface area contributed by atoms with Crippen LogP contribution in [0.25, 0.3) is 5.69 Å². The topological polar surface area (TPSA) is 98.4 Å². The zero-order chi connectivity index (χ0) is 25.2. The Morgan fingerprint density at radius 2 is 1.94 bits per heavy atom. The van der Waals surface area contributed by atoms with Crippen molar-refractivity contribution in [2.75, 3.05) is 12.0 Å². The second kappa shape index (κ2) is 10.1. The summed E-state index contributed by atoms with van der Waals surface area (Å²) in [7, 11) is 1.29. The molecule has 0 aliphatic heterocycles. The van der Waals surface area contributed by atoms with Crippen molar-refractivity contribution < 1.29 is 32.2 Å². The number of aliphatic hydroxyl groups excluding tert-OH is 1. The van der Waals surface area contributed by atoms with E-state index in [0.29, 0.717) is 22.0 Å². The Morgan fingerprint density at radius 1 is 1.26 bits per heavy atom. The summed E-state index contributed by atoms with van der Waals surface area (Å²) in [6, 6.07) is 8.16. The highest BCUT2D eigenvalue weighted by molar-refractivity contribution is 6.06. The number of alkyl halides is 3. The Bertz CT molecular complexity index is 1260. The molecule has 0 saturated heterocycles. The number of hydrogen-bond acceptors (Lipinski definition) is 5. The molecule has 1 unspecified atom stereocenters. The maximum atomic E-state index is 15.1. The first-order chi connectivity index (χ1) is 16.0. The molecule has 1 amide bonds. The van der Waals surface area contributed by atoms with Crippen LogP contribution in [-0.2, 0) is 7.05 Å². The molecule has 2 aromatic carbocycles. The number of nitrogens with one attached hydrogen (secondary N) is 1. The molecule has 2 atom stereocenters. The van der Waals surface area contributed by atoms with Crippen LogP contribution in [0.4, 0.5) is 23.2 Å². The fourth-order valence-electron chi connectivity index (χ4n) is 3.17. The molecule has 0 radical (unpaired) electrons. The van der Waals surface area contributed by atoms with Gasteiger partial charge in [0.25, 0.3) is 12.3 Å². The third-order valence-electron chi connectivity index (χ3n) is 5.01. The van der Waals surface area contributed by atoms with E-state index < -0.39 is 59.7 Å². The summed E-state index contributed by atoms with van der Waals surface area (Å²) in [5.74, 6) is -2.68. The van der Waals surface area contributed by atoms with Crippen molar-refractivity contribution in [3.63, 3.8) is 0 Å². The fraction of sp³-hybridized carbons (Fsp3) is 0.318. The summed E-state index contributed by atoms with van der Waals surface area (Å²) in [6.07, 6.45) is -6.66. The molecule has 0 saturated carbocycles. The van der Waals surface area contributed by atoms with Crippen LogP contribution in [0.1, 0.15) is 34.8 Å². The van der Waals surface area contributed by atoms with Gasteiger partial charge < -0.3 is 15.2 Å². The second-order valence-electron chi connectivity index (χ2n) is 7.50. The Balaban J connectivity index is 2.14. The van der Waals surface area contributed by atoms with Crippen molar-refractivity contribution in [3.8, 4) is 11.4 Å². The lowest BCUT2D eigenvalue weighted by Crippen LogP contribution is -2.29. The fourth-order valence-corrected chi connectivity index (χ4v) is 3.17. The molecular weight excluding hydrogens is 460 g/mol. The largest absolute Gasteiger partial charge is 0.481 e. The van der Waals surface area contributed by atoms with E-state index in [-0.39, 0.29) is 5.82 Å². The lowest BCUT2D eigenvalue weighted by Gasteiger charge is -2.19. The average molecular weight is 482 g/mol. The van der Waals surface area contributed by atoms with Crippen LogP contribution in [0.5, 0.6) is 5.75 Å². The first-order valence-electron chi connectivity index (χ1n) is 10.1. The summed E-state index contributed by atoms with van der Waals surface area (Å²) >= 11 is 0. The molecule has 0 spiro atoms. The number of para-hydroxylation sites is 1. The summed E-state index contributed by atoms with van der Waals surface area (Å²) in [6.45, 7) is 1.46. The number of aryl methyl sites for hydroxylation is 1. The highest BCUT2D eigenvalue weighted by atomic mass is 19.3. The molecule has 0 aliphatic carbocycles. The quantitative estimate of drug-likeness (QED) is 0.480. The second-order valence-corrected chi connectivity index (χ2v) is 7.50. The maximum Gasteiger partial charge on any atom is 0.350 e. The van der Waals surface area contributed by atoms with Crippen LogP contribution in [0.3, 0.4) is 0 Å². The van der Waals surface area contributed by atoms with Crippen LogP contribution in [0, 0.1) is 12.7 Å². The number of carbonyl (C=O) groups excluding carboxylic acids is 1. The Kier molecular flexibility index (Phi) is 7.40. The summed E-state index contributed by atoms with van der Waals surface area (Å²) in [5.41, 5.74) is -0.837. The molecular formula is C22H22F4N4O4. The molecule has 34 heavy (non-hydrogen) atoms. The van der Waals surface area contributed by atoms with Crippen molar-refractivity contribution in [1.82, 2.24) is 14.3 Å². The summed E-state index contributed by atoms with van der Waals surface area (Å²) in [4.78, 5) is 25.4. The molecule has 1 heterocycles. The standard InChI is InChI=1S/C22H22F4N4O4/c1-11-6-4-5-7-15(11)27-21(32)13-8-14(24)16(9-17(13)34-18(10-23)19(25)26)30-22(33)29(3)20(28-30)12(2)31/h4-9,12,18-19,31H,10H2,1-3H3,(H,27,32)/t12?,18-/m0/s1. The first kappa shape index (κ1) is 25.0. The monoisotopic (exact) mass is 482 g/mol. The predicted octanol–water partition coefficient (Wildman–Crippen LogP) is 3.31. The molecule has 0 bridgehead atoms. The SMILES string of the molecule is Cc1ccccc1NC(=O)c1cc(F)c(-n2nc(C(C)O)n(C)c2=O)cc1O[C@@H](CF)C(F)F. The molecule has 182 valence electrons.